The van der Waals surface area contributed by atoms with Crippen molar-refractivity contribution in [1.82, 2.24) is 9.80 Å². The number of benzene rings is 1. The lowest BCUT2D eigenvalue weighted by Gasteiger charge is -2.47. The Kier molecular flexibility index (Phi) is 6.32. The summed E-state index contributed by atoms with van der Waals surface area (Å²) in [5.41, 5.74) is 1.13. The van der Waals surface area contributed by atoms with Crippen LogP contribution >= 0.6 is 0 Å². The van der Waals surface area contributed by atoms with Gasteiger partial charge in [-0.25, -0.2) is 0 Å². The first-order chi connectivity index (χ1) is 14.0. The van der Waals surface area contributed by atoms with E-state index in [1.54, 1.807) is 14.2 Å². The van der Waals surface area contributed by atoms with Crippen molar-refractivity contribution in [1.29, 1.82) is 0 Å². The van der Waals surface area contributed by atoms with Crippen LogP contribution in [0.25, 0.3) is 0 Å². The Morgan fingerprint density at radius 2 is 1.86 bits per heavy atom. The van der Waals surface area contributed by atoms with E-state index >= 15 is 0 Å². The number of β-amino-alcohol motifs (C(OH)–C–C–N with tert-alkyl or cyclic N) is 1. The number of hydrogen-bond acceptors (Lipinski definition) is 7. The summed E-state index contributed by atoms with van der Waals surface area (Å²) >= 11 is 0. The first-order valence-corrected chi connectivity index (χ1v) is 10.5. The number of aliphatic hydroxyl groups excluding tert-OH is 1. The van der Waals surface area contributed by atoms with Gasteiger partial charge in [0.15, 0.2) is 11.5 Å². The fourth-order valence-electron chi connectivity index (χ4n) is 4.80. The van der Waals surface area contributed by atoms with Crippen molar-refractivity contribution >= 4 is 0 Å². The minimum absolute atomic E-state index is 0.0827. The molecule has 0 bridgehead atoms. The molecule has 7 heteroatoms. The van der Waals surface area contributed by atoms with Crippen LogP contribution in [0.4, 0.5) is 0 Å². The van der Waals surface area contributed by atoms with E-state index in [1.165, 1.54) is 5.56 Å². The van der Waals surface area contributed by atoms with Gasteiger partial charge in [-0.3, -0.25) is 9.80 Å². The zero-order chi connectivity index (χ0) is 20.4. The highest BCUT2D eigenvalue weighted by Crippen LogP contribution is 2.32. The summed E-state index contributed by atoms with van der Waals surface area (Å²) in [6, 6.07) is 6.09. The van der Waals surface area contributed by atoms with Crippen LogP contribution in [0.2, 0.25) is 0 Å². The Labute approximate surface area is 173 Å². The zero-order valence-corrected chi connectivity index (χ0v) is 17.8. The number of ether oxygens (including phenoxy) is 4. The monoisotopic (exact) mass is 406 g/mol. The van der Waals surface area contributed by atoms with Gasteiger partial charge in [-0.15, -0.1) is 0 Å². The molecule has 4 rings (SSSR count). The molecule has 162 valence electrons. The van der Waals surface area contributed by atoms with E-state index in [-0.39, 0.29) is 12.2 Å². The second kappa shape index (κ2) is 8.78. The molecule has 0 spiro atoms. The standard InChI is InChI=1S/C22H34N2O5/c1-22(27-3)14-24(15-22)10-19(25)13-29-20-5-4-16(6-21(20)26-2)7-23-8-17-11-28-12-18(17)9-23/h4-6,17-19,25H,7-15H2,1-3H3/t17-,18+,19?. The maximum atomic E-state index is 10.3. The molecule has 3 atom stereocenters. The van der Waals surface area contributed by atoms with Gasteiger partial charge in [0.2, 0.25) is 0 Å². The Balaban J connectivity index is 1.26. The van der Waals surface area contributed by atoms with Crippen LogP contribution in [0.1, 0.15) is 12.5 Å². The van der Waals surface area contributed by atoms with Gasteiger partial charge in [0, 0.05) is 58.2 Å². The van der Waals surface area contributed by atoms with Crippen LogP contribution in [-0.4, -0.2) is 93.4 Å². The summed E-state index contributed by atoms with van der Waals surface area (Å²) in [7, 11) is 3.39. The number of hydrogen-bond donors (Lipinski definition) is 1. The number of likely N-dealkylation sites (tertiary alicyclic amines) is 2. The normalized spacial score (nSPS) is 27.4. The van der Waals surface area contributed by atoms with Crippen LogP contribution in [0, 0.1) is 11.8 Å². The third-order valence-electron chi connectivity index (χ3n) is 6.46. The lowest BCUT2D eigenvalue weighted by Crippen LogP contribution is -2.62. The van der Waals surface area contributed by atoms with Crippen LogP contribution in [0.3, 0.4) is 0 Å². The summed E-state index contributed by atoms with van der Waals surface area (Å²) < 4.78 is 22.4. The second-order valence-electron chi connectivity index (χ2n) is 9.03. The van der Waals surface area contributed by atoms with Crippen molar-refractivity contribution in [2.24, 2.45) is 11.8 Å². The van der Waals surface area contributed by atoms with Crippen molar-refractivity contribution < 1.29 is 24.1 Å². The smallest absolute Gasteiger partial charge is 0.161 e. The van der Waals surface area contributed by atoms with Gasteiger partial charge in [0.25, 0.3) is 0 Å². The Morgan fingerprint density at radius 1 is 1.14 bits per heavy atom. The molecule has 1 aromatic rings. The number of nitrogens with zero attached hydrogens (tertiary/aromatic N) is 2. The fraction of sp³-hybridized carbons (Fsp3) is 0.727. The molecule has 0 saturated carbocycles. The molecular formula is C22H34N2O5. The first-order valence-electron chi connectivity index (χ1n) is 10.5. The Morgan fingerprint density at radius 3 is 2.52 bits per heavy atom. The number of aliphatic hydroxyl groups is 1. The van der Waals surface area contributed by atoms with Crippen LogP contribution in [-0.2, 0) is 16.0 Å². The quantitative estimate of drug-likeness (QED) is 0.662. The summed E-state index contributed by atoms with van der Waals surface area (Å²) in [5, 5.41) is 10.3. The summed E-state index contributed by atoms with van der Waals surface area (Å²) in [6.07, 6.45) is -0.549. The van der Waals surface area contributed by atoms with E-state index in [0.717, 1.165) is 45.9 Å². The lowest BCUT2D eigenvalue weighted by atomic mass is 9.96. The highest BCUT2D eigenvalue weighted by atomic mass is 16.5. The predicted molar refractivity (Wildman–Crippen MR) is 109 cm³/mol. The lowest BCUT2D eigenvalue weighted by molar-refractivity contribution is -0.121. The van der Waals surface area contributed by atoms with E-state index in [1.807, 2.05) is 12.1 Å². The van der Waals surface area contributed by atoms with Crippen LogP contribution in [0.15, 0.2) is 18.2 Å². The molecule has 3 saturated heterocycles. The van der Waals surface area contributed by atoms with Crippen molar-refractivity contribution in [3.8, 4) is 11.5 Å². The second-order valence-corrected chi connectivity index (χ2v) is 9.03. The van der Waals surface area contributed by atoms with E-state index in [0.29, 0.717) is 29.9 Å². The summed E-state index contributed by atoms with van der Waals surface area (Å²) in [5.74, 6) is 2.77. The molecule has 0 aliphatic carbocycles. The third kappa shape index (κ3) is 4.86. The fourth-order valence-corrected chi connectivity index (χ4v) is 4.80. The largest absolute Gasteiger partial charge is 0.493 e. The van der Waals surface area contributed by atoms with Crippen molar-refractivity contribution in [3.05, 3.63) is 23.8 Å². The molecule has 1 unspecified atom stereocenters. The molecular weight excluding hydrogens is 372 g/mol. The highest BCUT2D eigenvalue weighted by molar-refractivity contribution is 5.43. The molecule has 3 heterocycles. The van der Waals surface area contributed by atoms with Crippen molar-refractivity contribution in [2.45, 2.75) is 25.2 Å². The van der Waals surface area contributed by atoms with Crippen molar-refractivity contribution in [2.75, 3.05) is 66.8 Å². The topological polar surface area (TPSA) is 63.6 Å². The maximum absolute atomic E-state index is 10.3. The number of rotatable bonds is 9. The molecule has 0 radical (unpaired) electrons. The zero-order valence-electron chi connectivity index (χ0n) is 17.8. The predicted octanol–water partition coefficient (Wildman–Crippen LogP) is 1.23. The van der Waals surface area contributed by atoms with Gasteiger partial charge in [-0.05, 0) is 24.6 Å². The Bertz CT molecular complexity index is 682. The number of methoxy groups -OCH3 is 2. The average molecular weight is 407 g/mol. The van der Waals surface area contributed by atoms with Crippen LogP contribution in [0.5, 0.6) is 11.5 Å². The van der Waals surface area contributed by atoms with E-state index in [2.05, 4.69) is 22.8 Å². The van der Waals surface area contributed by atoms with Gasteiger partial charge in [-0.1, -0.05) is 6.07 Å². The molecule has 29 heavy (non-hydrogen) atoms. The van der Waals surface area contributed by atoms with E-state index in [4.69, 9.17) is 18.9 Å². The molecule has 3 fully saturated rings. The van der Waals surface area contributed by atoms with Gasteiger partial charge >= 0.3 is 0 Å². The molecule has 7 nitrogen and oxygen atoms in total. The third-order valence-corrected chi connectivity index (χ3v) is 6.46. The summed E-state index contributed by atoms with van der Waals surface area (Å²) in [4.78, 5) is 4.67. The SMILES string of the molecule is COc1cc(CN2C[C@H]3COC[C@H]3C2)ccc1OCC(O)CN1CC(C)(OC)C1. The van der Waals surface area contributed by atoms with Crippen molar-refractivity contribution in [3.63, 3.8) is 0 Å². The number of fused-ring (bicyclic) bond motifs is 1. The molecule has 0 aromatic heterocycles. The summed E-state index contributed by atoms with van der Waals surface area (Å²) in [6.45, 7) is 9.52. The minimum Gasteiger partial charge on any atom is -0.493 e. The highest BCUT2D eigenvalue weighted by Gasteiger charge is 2.39. The molecule has 0 amide bonds. The van der Waals surface area contributed by atoms with Gasteiger partial charge in [0.1, 0.15) is 12.7 Å². The molecule has 3 aliphatic rings. The first kappa shape index (κ1) is 20.9. The van der Waals surface area contributed by atoms with E-state index < -0.39 is 6.10 Å². The van der Waals surface area contributed by atoms with Gasteiger partial charge in [-0.2, -0.15) is 0 Å². The molecule has 1 aromatic carbocycles. The van der Waals surface area contributed by atoms with Gasteiger partial charge in [0.05, 0.1) is 25.9 Å². The minimum atomic E-state index is -0.549. The average Bonchev–Trinajstić information content (AvgIpc) is 3.27. The van der Waals surface area contributed by atoms with E-state index in [9.17, 15) is 5.11 Å². The van der Waals surface area contributed by atoms with Crippen LogP contribution < -0.4 is 9.47 Å². The maximum Gasteiger partial charge on any atom is 0.161 e. The molecule has 3 aliphatic heterocycles. The molecule has 1 N–H and O–H groups in total. The van der Waals surface area contributed by atoms with Gasteiger partial charge < -0.3 is 24.1 Å². The Hall–Kier alpha value is -1.38.